The molecule has 134 valence electrons. The standard InChI is InChI=1S/C20H22N4OS/c1-13-4-6-16(7-5-13)24-14(2)17(11-21-24)22-20(25)18-10-15-8-9-23(3)12-19(15)26-18/h4-7,10-11H,8-9,12H2,1-3H3,(H,22,25). The smallest absolute Gasteiger partial charge is 0.265 e. The lowest BCUT2D eigenvalue weighted by Gasteiger charge is -2.21. The molecule has 4 rings (SSSR count). The van der Waals surface area contributed by atoms with Crippen LogP contribution in [-0.4, -0.2) is 34.2 Å². The molecule has 3 heterocycles. The number of carbonyl (C=O) groups excluding carboxylic acids is 1. The second-order valence-electron chi connectivity index (χ2n) is 6.89. The average Bonchev–Trinajstić information content (AvgIpc) is 3.20. The largest absolute Gasteiger partial charge is 0.318 e. The Bertz CT molecular complexity index is 955. The molecule has 2 aromatic heterocycles. The van der Waals surface area contributed by atoms with E-state index in [1.165, 1.54) is 16.0 Å². The summed E-state index contributed by atoms with van der Waals surface area (Å²) in [5.74, 6) is -0.0568. The highest BCUT2D eigenvalue weighted by molar-refractivity contribution is 7.14. The van der Waals surface area contributed by atoms with E-state index in [1.807, 2.05) is 29.8 Å². The van der Waals surface area contributed by atoms with E-state index in [9.17, 15) is 4.79 Å². The number of hydrogen-bond acceptors (Lipinski definition) is 4. The number of benzene rings is 1. The lowest BCUT2D eigenvalue weighted by Crippen LogP contribution is -2.24. The summed E-state index contributed by atoms with van der Waals surface area (Å²) in [5, 5.41) is 7.46. The van der Waals surface area contributed by atoms with E-state index in [-0.39, 0.29) is 5.91 Å². The predicted octanol–water partition coefficient (Wildman–Crippen LogP) is 3.79. The van der Waals surface area contributed by atoms with Crippen molar-refractivity contribution < 1.29 is 4.79 Å². The molecule has 0 fully saturated rings. The SMILES string of the molecule is Cc1ccc(-n2ncc(NC(=O)c3cc4c(s3)CN(C)CC4)c2C)cc1. The molecule has 0 aliphatic carbocycles. The molecule has 26 heavy (non-hydrogen) atoms. The quantitative estimate of drug-likeness (QED) is 0.767. The van der Waals surface area contributed by atoms with Crippen molar-refractivity contribution in [2.45, 2.75) is 26.8 Å². The van der Waals surface area contributed by atoms with Crippen LogP contribution in [0.25, 0.3) is 5.69 Å². The Morgan fingerprint density at radius 1 is 1.23 bits per heavy atom. The van der Waals surface area contributed by atoms with E-state index in [0.717, 1.165) is 41.5 Å². The zero-order valence-electron chi connectivity index (χ0n) is 15.2. The molecule has 1 N–H and O–H groups in total. The van der Waals surface area contributed by atoms with Crippen LogP contribution in [0, 0.1) is 13.8 Å². The number of anilines is 1. The van der Waals surface area contributed by atoms with Crippen LogP contribution in [0.5, 0.6) is 0 Å². The van der Waals surface area contributed by atoms with Gasteiger partial charge in [0.1, 0.15) is 0 Å². The molecule has 1 amide bonds. The molecular weight excluding hydrogens is 344 g/mol. The summed E-state index contributed by atoms with van der Waals surface area (Å²) < 4.78 is 1.85. The Balaban J connectivity index is 1.54. The maximum atomic E-state index is 12.7. The molecule has 5 nitrogen and oxygen atoms in total. The second-order valence-corrected chi connectivity index (χ2v) is 8.03. The number of thiophene rings is 1. The van der Waals surface area contributed by atoms with E-state index >= 15 is 0 Å². The third-order valence-corrected chi connectivity index (χ3v) is 5.99. The Labute approximate surface area is 157 Å². The van der Waals surface area contributed by atoms with Gasteiger partial charge in [-0.25, -0.2) is 4.68 Å². The summed E-state index contributed by atoms with van der Waals surface area (Å²) in [4.78, 5) is 17.1. The van der Waals surface area contributed by atoms with Gasteiger partial charge in [0.05, 0.1) is 28.1 Å². The van der Waals surface area contributed by atoms with Crippen molar-refractivity contribution in [2.24, 2.45) is 0 Å². The number of carbonyl (C=O) groups is 1. The Morgan fingerprint density at radius 2 is 2.00 bits per heavy atom. The molecule has 0 spiro atoms. The van der Waals surface area contributed by atoms with Gasteiger partial charge in [0, 0.05) is 18.0 Å². The highest BCUT2D eigenvalue weighted by Crippen LogP contribution is 2.28. The molecule has 0 saturated heterocycles. The molecule has 0 radical (unpaired) electrons. The summed E-state index contributed by atoms with van der Waals surface area (Å²) >= 11 is 1.60. The van der Waals surface area contributed by atoms with Gasteiger partial charge in [0.15, 0.2) is 0 Å². The van der Waals surface area contributed by atoms with Crippen molar-refractivity contribution in [3.05, 3.63) is 63.1 Å². The fourth-order valence-electron chi connectivity index (χ4n) is 3.22. The van der Waals surface area contributed by atoms with Gasteiger partial charge in [-0.2, -0.15) is 5.10 Å². The number of likely N-dealkylation sites (N-methyl/N-ethyl adjacent to an activating group) is 1. The number of aromatic nitrogens is 2. The number of nitrogens with zero attached hydrogens (tertiary/aromatic N) is 3. The monoisotopic (exact) mass is 366 g/mol. The Kier molecular flexibility index (Phi) is 4.38. The zero-order valence-corrected chi connectivity index (χ0v) is 16.1. The van der Waals surface area contributed by atoms with E-state index in [1.54, 1.807) is 17.5 Å². The summed E-state index contributed by atoms with van der Waals surface area (Å²) in [6.45, 7) is 6.01. The topological polar surface area (TPSA) is 50.2 Å². The normalized spacial score (nSPS) is 14.3. The minimum absolute atomic E-state index is 0.0568. The van der Waals surface area contributed by atoms with Gasteiger partial charge in [-0.05, 0) is 51.1 Å². The maximum absolute atomic E-state index is 12.7. The van der Waals surface area contributed by atoms with Crippen molar-refractivity contribution in [3.63, 3.8) is 0 Å². The summed E-state index contributed by atoms with van der Waals surface area (Å²) in [6.07, 6.45) is 2.73. The molecule has 1 aliphatic heterocycles. The fraction of sp³-hybridized carbons (Fsp3) is 0.300. The van der Waals surface area contributed by atoms with Crippen LogP contribution < -0.4 is 5.32 Å². The van der Waals surface area contributed by atoms with Crippen LogP contribution in [0.1, 0.15) is 31.4 Å². The van der Waals surface area contributed by atoms with Crippen molar-refractivity contribution >= 4 is 22.9 Å². The second kappa shape index (κ2) is 6.70. The van der Waals surface area contributed by atoms with Crippen LogP contribution >= 0.6 is 11.3 Å². The minimum atomic E-state index is -0.0568. The molecule has 1 aliphatic rings. The first kappa shape index (κ1) is 17.0. The van der Waals surface area contributed by atoms with Crippen LogP contribution in [0.2, 0.25) is 0 Å². The van der Waals surface area contributed by atoms with E-state index < -0.39 is 0 Å². The van der Waals surface area contributed by atoms with Gasteiger partial charge in [0.2, 0.25) is 0 Å². The highest BCUT2D eigenvalue weighted by atomic mass is 32.1. The first-order valence-electron chi connectivity index (χ1n) is 8.74. The van der Waals surface area contributed by atoms with Crippen molar-refractivity contribution in [3.8, 4) is 5.69 Å². The van der Waals surface area contributed by atoms with E-state index in [4.69, 9.17) is 0 Å². The Hall–Kier alpha value is -2.44. The number of nitrogens with one attached hydrogen (secondary N) is 1. The number of aryl methyl sites for hydroxylation is 1. The third-order valence-electron chi connectivity index (χ3n) is 4.83. The molecule has 6 heteroatoms. The fourth-order valence-corrected chi connectivity index (χ4v) is 4.41. The molecular formula is C20H22N4OS. The number of amides is 1. The van der Waals surface area contributed by atoms with Gasteiger partial charge in [-0.1, -0.05) is 17.7 Å². The number of rotatable bonds is 3. The predicted molar refractivity (Wildman–Crippen MR) is 105 cm³/mol. The van der Waals surface area contributed by atoms with Crippen molar-refractivity contribution in [2.75, 3.05) is 18.9 Å². The van der Waals surface area contributed by atoms with Crippen LogP contribution in [-0.2, 0) is 13.0 Å². The van der Waals surface area contributed by atoms with Crippen LogP contribution in [0.15, 0.2) is 36.5 Å². The minimum Gasteiger partial charge on any atom is -0.318 e. The van der Waals surface area contributed by atoms with Crippen LogP contribution in [0.3, 0.4) is 0 Å². The highest BCUT2D eigenvalue weighted by Gasteiger charge is 2.20. The third kappa shape index (κ3) is 3.18. The lowest BCUT2D eigenvalue weighted by atomic mass is 10.1. The molecule has 0 unspecified atom stereocenters. The van der Waals surface area contributed by atoms with Gasteiger partial charge < -0.3 is 10.2 Å². The lowest BCUT2D eigenvalue weighted by molar-refractivity contribution is 0.103. The van der Waals surface area contributed by atoms with Crippen molar-refractivity contribution in [1.82, 2.24) is 14.7 Å². The first-order valence-corrected chi connectivity index (χ1v) is 9.56. The van der Waals surface area contributed by atoms with Gasteiger partial charge in [0.25, 0.3) is 5.91 Å². The molecule has 0 bridgehead atoms. The van der Waals surface area contributed by atoms with Gasteiger partial charge in [-0.15, -0.1) is 11.3 Å². The van der Waals surface area contributed by atoms with Crippen molar-refractivity contribution in [1.29, 1.82) is 0 Å². The molecule has 3 aromatic rings. The summed E-state index contributed by atoms with van der Waals surface area (Å²) in [6, 6.07) is 10.2. The molecule has 0 saturated carbocycles. The van der Waals surface area contributed by atoms with Gasteiger partial charge in [-0.3, -0.25) is 4.79 Å². The molecule has 1 aromatic carbocycles. The number of hydrogen-bond donors (Lipinski definition) is 1. The van der Waals surface area contributed by atoms with E-state index in [0.29, 0.717) is 0 Å². The Morgan fingerprint density at radius 3 is 2.77 bits per heavy atom. The first-order chi connectivity index (χ1) is 12.5. The van der Waals surface area contributed by atoms with Gasteiger partial charge >= 0.3 is 0 Å². The van der Waals surface area contributed by atoms with Crippen LogP contribution in [0.4, 0.5) is 5.69 Å². The maximum Gasteiger partial charge on any atom is 0.265 e. The zero-order chi connectivity index (χ0) is 18.3. The van der Waals surface area contributed by atoms with E-state index in [2.05, 4.69) is 41.4 Å². The summed E-state index contributed by atoms with van der Waals surface area (Å²) in [7, 11) is 2.12. The molecule has 0 atom stereocenters. The summed E-state index contributed by atoms with van der Waals surface area (Å²) in [5.41, 5.74) is 5.18. The average molecular weight is 366 g/mol. The number of fused-ring (bicyclic) bond motifs is 1.